The molecule has 0 heterocycles. The Balaban J connectivity index is 2.22. The predicted molar refractivity (Wildman–Crippen MR) is 79.8 cm³/mol. The summed E-state index contributed by atoms with van der Waals surface area (Å²) in [6, 6.07) is 9.55. The van der Waals surface area contributed by atoms with Gasteiger partial charge < -0.3 is 10.6 Å². The highest BCUT2D eigenvalue weighted by Gasteiger charge is 1.98. The van der Waals surface area contributed by atoms with Crippen molar-refractivity contribution in [3.05, 3.63) is 35.4 Å². The predicted octanol–water partition coefficient (Wildman–Crippen LogP) is 2.97. The Morgan fingerprint density at radius 1 is 0.889 bits per heavy atom. The molecular weight excluding hydrogens is 220 g/mol. The van der Waals surface area contributed by atoms with E-state index in [-0.39, 0.29) is 0 Å². The highest BCUT2D eigenvalue weighted by molar-refractivity contribution is 5.22. The summed E-state index contributed by atoms with van der Waals surface area (Å²) < 4.78 is 0. The summed E-state index contributed by atoms with van der Waals surface area (Å²) in [6.07, 6.45) is 1.17. The van der Waals surface area contributed by atoms with Crippen LogP contribution in [0.4, 0.5) is 0 Å². The molecule has 102 valence electrons. The maximum absolute atomic E-state index is 3.45. The van der Waals surface area contributed by atoms with E-state index in [0.29, 0.717) is 6.04 Å². The minimum atomic E-state index is 0.571. The van der Waals surface area contributed by atoms with E-state index in [9.17, 15) is 0 Å². The molecule has 0 fully saturated rings. The van der Waals surface area contributed by atoms with E-state index < -0.39 is 0 Å². The van der Waals surface area contributed by atoms with Crippen molar-refractivity contribution in [2.75, 3.05) is 13.1 Å². The number of rotatable bonds is 8. The van der Waals surface area contributed by atoms with Gasteiger partial charge in [-0.1, -0.05) is 52.0 Å². The van der Waals surface area contributed by atoms with Gasteiger partial charge in [-0.05, 0) is 23.5 Å². The van der Waals surface area contributed by atoms with E-state index >= 15 is 0 Å². The molecule has 2 heteroatoms. The average Bonchev–Trinajstić information content (AvgIpc) is 2.30. The molecule has 2 N–H and O–H groups in total. The number of hydrogen-bond donors (Lipinski definition) is 2. The summed E-state index contributed by atoms with van der Waals surface area (Å²) >= 11 is 0. The molecule has 18 heavy (non-hydrogen) atoms. The summed E-state index contributed by atoms with van der Waals surface area (Å²) in [4.78, 5) is 0. The Morgan fingerprint density at radius 3 is 2.06 bits per heavy atom. The maximum atomic E-state index is 3.45. The lowest BCUT2D eigenvalue weighted by atomic mass is 10.0. The van der Waals surface area contributed by atoms with Crippen LogP contribution in [-0.2, 0) is 13.0 Å². The van der Waals surface area contributed by atoms with Crippen molar-refractivity contribution in [3.63, 3.8) is 0 Å². The van der Waals surface area contributed by atoms with E-state index in [0.717, 1.165) is 25.6 Å². The monoisotopic (exact) mass is 248 g/mol. The fraction of sp³-hybridized carbons (Fsp3) is 0.625. The van der Waals surface area contributed by atoms with E-state index in [1.807, 2.05) is 0 Å². The molecule has 0 bridgehead atoms. The first-order chi connectivity index (χ1) is 8.58. The lowest BCUT2D eigenvalue weighted by Gasteiger charge is -2.10. The van der Waals surface area contributed by atoms with Crippen molar-refractivity contribution >= 4 is 0 Å². The van der Waals surface area contributed by atoms with Crippen LogP contribution < -0.4 is 10.6 Å². The molecule has 0 radical (unpaired) electrons. The highest BCUT2D eigenvalue weighted by Crippen LogP contribution is 2.09. The molecule has 0 aliphatic heterocycles. The zero-order chi connectivity index (χ0) is 13.4. The zero-order valence-corrected chi connectivity index (χ0v) is 12.3. The van der Waals surface area contributed by atoms with Crippen LogP contribution in [0, 0.1) is 5.92 Å². The standard InChI is InChI=1S/C16H28N2/c1-13(2)11-15-5-7-16(8-6-15)12-17-9-10-18-14(3)4/h5-8,13-14,17-18H,9-12H2,1-4H3. The highest BCUT2D eigenvalue weighted by atomic mass is 15.0. The Labute approximate surface area is 112 Å². The molecule has 0 amide bonds. The first-order valence-corrected chi connectivity index (χ1v) is 7.10. The average molecular weight is 248 g/mol. The normalized spacial score (nSPS) is 11.4. The van der Waals surface area contributed by atoms with Crippen molar-refractivity contribution in [1.29, 1.82) is 0 Å². The second-order valence-corrected chi connectivity index (χ2v) is 5.70. The van der Waals surface area contributed by atoms with Crippen LogP contribution in [0.3, 0.4) is 0 Å². The second kappa shape index (κ2) is 8.28. The molecule has 0 spiro atoms. The molecule has 0 aliphatic rings. The van der Waals surface area contributed by atoms with Crippen molar-refractivity contribution in [2.45, 2.75) is 46.7 Å². The van der Waals surface area contributed by atoms with Gasteiger partial charge in [-0.3, -0.25) is 0 Å². The molecule has 0 aliphatic carbocycles. The van der Waals surface area contributed by atoms with E-state index in [2.05, 4.69) is 62.6 Å². The molecule has 1 rings (SSSR count). The summed E-state index contributed by atoms with van der Waals surface area (Å²) in [5.41, 5.74) is 2.81. The molecule has 0 unspecified atom stereocenters. The fourth-order valence-electron chi connectivity index (χ4n) is 1.95. The summed E-state index contributed by atoms with van der Waals surface area (Å²) in [7, 11) is 0. The molecule has 0 saturated carbocycles. The molecule has 0 aromatic heterocycles. The summed E-state index contributed by atoms with van der Waals surface area (Å²) in [5.74, 6) is 0.732. The number of benzene rings is 1. The van der Waals surface area contributed by atoms with Crippen molar-refractivity contribution in [1.82, 2.24) is 10.6 Å². The minimum absolute atomic E-state index is 0.571. The van der Waals surface area contributed by atoms with Gasteiger partial charge in [0.15, 0.2) is 0 Å². The van der Waals surface area contributed by atoms with E-state index in [4.69, 9.17) is 0 Å². The first kappa shape index (κ1) is 15.2. The Morgan fingerprint density at radius 2 is 1.50 bits per heavy atom. The molecule has 0 atom stereocenters. The minimum Gasteiger partial charge on any atom is -0.313 e. The summed E-state index contributed by atoms with van der Waals surface area (Å²) in [5, 5.41) is 6.85. The van der Waals surface area contributed by atoms with Crippen molar-refractivity contribution in [2.24, 2.45) is 5.92 Å². The topological polar surface area (TPSA) is 24.1 Å². The quantitative estimate of drug-likeness (QED) is 0.691. The largest absolute Gasteiger partial charge is 0.313 e. The zero-order valence-electron chi connectivity index (χ0n) is 12.3. The van der Waals surface area contributed by atoms with Gasteiger partial charge in [0.2, 0.25) is 0 Å². The van der Waals surface area contributed by atoms with Crippen LogP contribution in [-0.4, -0.2) is 19.1 Å². The Kier molecular flexibility index (Phi) is 6.99. The lowest BCUT2D eigenvalue weighted by Crippen LogP contribution is -2.31. The third-order valence-electron chi connectivity index (χ3n) is 2.85. The van der Waals surface area contributed by atoms with Gasteiger partial charge in [0.1, 0.15) is 0 Å². The van der Waals surface area contributed by atoms with Crippen LogP contribution in [0.2, 0.25) is 0 Å². The molecule has 1 aromatic carbocycles. The van der Waals surface area contributed by atoms with Crippen LogP contribution in [0.25, 0.3) is 0 Å². The van der Waals surface area contributed by atoms with Crippen molar-refractivity contribution in [3.8, 4) is 0 Å². The molecule has 0 saturated heterocycles. The summed E-state index contributed by atoms with van der Waals surface area (Å²) in [6.45, 7) is 11.9. The number of hydrogen-bond acceptors (Lipinski definition) is 2. The van der Waals surface area contributed by atoms with E-state index in [1.165, 1.54) is 17.5 Å². The molecule has 2 nitrogen and oxygen atoms in total. The van der Waals surface area contributed by atoms with Gasteiger partial charge in [0, 0.05) is 25.7 Å². The van der Waals surface area contributed by atoms with Crippen molar-refractivity contribution < 1.29 is 0 Å². The van der Waals surface area contributed by atoms with Crippen LogP contribution >= 0.6 is 0 Å². The lowest BCUT2D eigenvalue weighted by molar-refractivity contribution is 0.555. The fourth-order valence-corrected chi connectivity index (χ4v) is 1.95. The van der Waals surface area contributed by atoms with Gasteiger partial charge in [0.25, 0.3) is 0 Å². The first-order valence-electron chi connectivity index (χ1n) is 7.10. The maximum Gasteiger partial charge on any atom is 0.0206 e. The second-order valence-electron chi connectivity index (χ2n) is 5.70. The Hall–Kier alpha value is -0.860. The number of nitrogens with one attached hydrogen (secondary N) is 2. The van der Waals surface area contributed by atoms with Gasteiger partial charge in [-0.2, -0.15) is 0 Å². The SMILES string of the molecule is CC(C)Cc1ccc(CNCCNC(C)C)cc1. The Bertz CT molecular complexity index is 314. The van der Waals surface area contributed by atoms with Gasteiger partial charge in [-0.15, -0.1) is 0 Å². The third-order valence-corrected chi connectivity index (χ3v) is 2.85. The smallest absolute Gasteiger partial charge is 0.0206 e. The van der Waals surface area contributed by atoms with Gasteiger partial charge in [0.05, 0.1) is 0 Å². The molecular formula is C16H28N2. The third kappa shape index (κ3) is 6.77. The van der Waals surface area contributed by atoms with Crippen LogP contribution in [0.1, 0.15) is 38.8 Å². The van der Waals surface area contributed by atoms with Crippen LogP contribution in [0.15, 0.2) is 24.3 Å². The molecule has 1 aromatic rings. The van der Waals surface area contributed by atoms with Gasteiger partial charge in [-0.25, -0.2) is 0 Å². The van der Waals surface area contributed by atoms with Crippen LogP contribution in [0.5, 0.6) is 0 Å². The van der Waals surface area contributed by atoms with E-state index in [1.54, 1.807) is 0 Å². The van der Waals surface area contributed by atoms with Gasteiger partial charge >= 0.3 is 0 Å².